The van der Waals surface area contributed by atoms with Crippen molar-refractivity contribution in [1.29, 1.82) is 0 Å². The molecule has 1 aromatic carbocycles. The van der Waals surface area contributed by atoms with Gasteiger partial charge < -0.3 is 4.74 Å². The average molecular weight is 342 g/mol. The van der Waals surface area contributed by atoms with Gasteiger partial charge in [0.2, 0.25) is 0 Å². The first-order chi connectivity index (χ1) is 11.8. The molecule has 0 unspecified atom stereocenters. The van der Waals surface area contributed by atoms with E-state index in [2.05, 4.69) is 40.6 Å². The summed E-state index contributed by atoms with van der Waals surface area (Å²) in [5, 5.41) is 3.61. The SMILES string of the molecule is O=C(COCC1CC1)Nc1nc2c(s1)C[C@H](c1ccccc1)CC2. The van der Waals surface area contributed by atoms with E-state index >= 15 is 0 Å². The molecule has 1 fully saturated rings. The zero-order valence-corrected chi connectivity index (χ0v) is 14.5. The molecule has 5 heteroatoms. The van der Waals surface area contributed by atoms with Crippen molar-refractivity contribution in [2.24, 2.45) is 5.92 Å². The van der Waals surface area contributed by atoms with Crippen molar-refractivity contribution in [1.82, 2.24) is 4.98 Å². The zero-order valence-electron chi connectivity index (χ0n) is 13.7. The third-order valence-corrected chi connectivity index (χ3v) is 5.78. The molecular weight excluding hydrogens is 320 g/mol. The smallest absolute Gasteiger partial charge is 0.252 e. The van der Waals surface area contributed by atoms with Crippen LogP contribution in [0.3, 0.4) is 0 Å². The molecule has 1 atom stereocenters. The molecule has 1 saturated carbocycles. The maximum Gasteiger partial charge on any atom is 0.252 e. The summed E-state index contributed by atoms with van der Waals surface area (Å²) >= 11 is 1.62. The van der Waals surface area contributed by atoms with Crippen LogP contribution in [0.25, 0.3) is 0 Å². The summed E-state index contributed by atoms with van der Waals surface area (Å²) in [7, 11) is 0. The van der Waals surface area contributed by atoms with Gasteiger partial charge in [-0.25, -0.2) is 4.98 Å². The molecule has 1 N–H and O–H groups in total. The van der Waals surface area contributed by atoms with E-state index < -0.39 is 0 Å². The van der Waals surface area contributed by atoms with E-state index in [4.69, 9.17) is 4.74 Å². The van der Waals surface area contributed by atoms with Crippen molar-refractivity contribution in [3.05, 3.63) is 46.5 Å². The Bertz CT molecular complexity index is 709. The highest BCUT2D eigenvalue weighted by molar-refractivity contribution is 7.15. The van der Waals surface area contributed by atoms with Crippen molar-refractivity contribution in [2.75, 3.05) is 18.5 Å². The summed E-state index contributed by atoms with van der Waals surface area (Å²) in [6.07, 6.45) is 5.61. The number of hydrogen-bond donors (Lipinski definition) is 1. The summed E-state index contributed by atoms with van der Waals surface area (Å²) in [5.41, 5.74) is 2.55. The number of carbonyl (C=O) groups is 1. The fraction of sp³-hybridized carbons (Fsp3) is 0.474. The number of nitrogens with one attached hydrogen (secondary N) is 1. The maximum atomic E-state index is 11.9. The molecule has 24 heavy (non-hydrogen) atoms. The van der Waals surface area contributed by atoms with Crippen LogP contribution in [0, 0.1) is 5.92 Å². The second-order valence-corrected chi connectivity index (χ2v) is 7.83. The van der Waals surface area contributed by atoms with E-state index in [1.54, 1.807) is 11.3 Å². The summed E-state index contributed by atoms with van der Waals surface area (Å²) in [6, 6.07) is 10.7. The first-order valence-corrected chi connectivity index (χ1v) is 9.50. The molecule has 126 valence electrons. The van der Waals surface area contributed by atoms with Gasteiger partial charge in [0.15, 0.2) is 5.13 Å². The first-order valence-electron chi connectivity index (χ1n) is 8.69. The predicted octanol–water partition coefficient (Wildman–Crippen LogP) is 3.78. The molecule has 1 heterocycles. The number of thiazole rings is 1. The van der Waals surface area contributed by atoms with Crippen LogP contribution in [-0.4, -0.2) is 24.1 Å². The first kappa shape index (κ1) is 15.8. The predicted molar refractivity (Wildman–Crippen MR) is 95.5 cm³/mol. The van der Waals surface area contributed by atoms with Crippen LogP contribution in [0.2, 0.25) is 0 Å². The molecular formula is C19H22N2O2S. The van der Waals surface area contributed by atoms with E-state index in [-0.39, 0.29) is 12.5 Å². The van der Waals surface area contributed by atoms with Crippen molar-refractivity contribution >= 4 is 22.4 Å². The number of hydrogen-bond acceptors (Lipinski definition) is 4. The van der Waals surface area contributed by atoms with E-state index in [1.165, 1.54) is 23.3 Å². The molecule has 0 bridgehead atoms. The van der Waals surface area contributed by atoms with Gasteiger partial charge in [0.25, 0.3) is 5.91 Å². The molecule has 0 saturated heterocycles. The quantitative estimate of drug-likeness (QED) is 0.869. The summed E-state index contributed by atoms with van der Waals surface area (Å²) in [4.78, 5) is 17.9. The number of fused-ring (bicyclic) bond motifs is 1. The molecule has 2 aliphatic rings. The lowest BCUT2D eigenvalue weighted by molar-refractivity contribution is -0.120. The number of anilines is 1. The fourth-order valence-electron chi connectivity index (χ4n) is 3.20. The summed E-state index contributed by atoms with van der Waals surface area (Å²) in [5.74, 6) is 1.14. The van der Waals surface area contributed by atoms with Gasteiger partial charge in [0.05, 0.1) is 12.3 Å². The molecule has 4 nitrogen and oxygen atoms in total. The Morgan fingerprint density at radius 1 is 1.25 bits per heavy atom. The minimum Gasteiger partial charge on any atom is -0.371 e. The molecule has 0 spiro atoms. The third-order valence-electron chi connectivity index (χ3n) is 4.74. The molecule has 2 aromatic rings. The largest absolute Gasteiger partial charge is 0.371 e. The van der Waals surface area contributed by atoms with Crippen LogP contribution < -0.4 is 5.32 Å². The number of amides is 1. The minimum absolute atomic E-state index is 0.0960. The van der Waals surface area contributed by atoms with Crippen LogP contribution >= 0.6 is 11.3 Å². The molecule has 1 aromatic heterocycles. The van der Waals surface area contributed by atoms with Crippen LogP contribution in [0.4, 0.5) is 5.13 Å². The minimum atomic E-state index is -0.0960. The number of carbonyl (C=O) groups excluding carboxylic acids is 1. The maximum absolute atomic E-state index is 11.9. The lowest BCUT2D eigenvalue weighted by Crippen LogP contribution is -2.18. The average Bonchev–Trinajstić information content (AvgIpc) is 3.33. The lowest BCUT2D eigenvalue weighted by Gasteiger charge is -2.21. The van der Waals surface area contributed by atoms with Crippen molar-refractivity contribution in [3.8, 4) is 0 Å². The topological polar surface area (TPSA) is 51.2 Å². The van der Waals surface area contributed by atoms with Crippen molar-refractivity contribution in [3.63, 3.8) is 0 Å². The van der Waals surface area contributed by atoms with E-state index in [9.17, 15) is 4.79 Å². The summed E-state index contributed by atoms with van der Waals surface area (Å²) in [6.45, 7) is 0.841. The van der Waals surface area contributed by atoms with Crippen LogP contribution in [-0.2, 0) is 22.4 Å². The van der Waals surface area contributed by atoms with Gasteiger partial charge in [-0.3, -0.25) is 10.1 Å². The molecule has 0 radical (unpaired) electrons. The number of benzene rings is 1. The summed E-state index contributed by atoms with van der Waals surface area (Å²) < 4.78 is 5.43. The number of ether oxygens (including phenoxy) is 1. The molecule has 1 amide bonds. The van der Waals surface area contributed by atoms with Gasteiger partial charge in [-0.15, -0.1) is 11.3 Å². The Morgan fingerprint density at radius 3 is 2.88 bits per heavy atom. The highest BCUT2D eigenvalue weighted by Crippen LogP contribution is 2.36. The Hall–Kier alpha value is -1.72. The van der Waals surface area contributed by atoms with Crippen LogP contribution in [0.15, 0.2) is 30.3 Å². The van der Waals surface area contributed by atoms with E-state index in [0.29, 0.717) is 23.6 Å². The number of aryl methyl sites for hydroxylation is 1. The Labute approximate surface area is 146 Å². The standard InChI is InChI=1S/C19H22N2O2S/c22-18(12-23-11-13-6-7-13)21-19-20-16-9-8-15(10-17(16)24-19)14-4-2-1-3-5-14/h1-5,13,15H,6-12H2,(H,20,21,22)/t15-/m1/s1. The second kappa shape index (κ2) is 7.03. The van der Waals surface area contributed by atoms with Crippen molar-refractivity contribution in [2.45, 2.75) is 38.0 Å². The Kier molecular flexibility index (Phi) is 4.63. The second-order valence-electron chi connectivity index (χ2n) is 6.75. The van der Waals surface area contributed by atoms with Gasteiger partial charge in [-0.2, -0.15) is 0 Å². The molecule has 0 aliphatic heterocycles. The van der Waals surface area contributed by atoms with Gasteiger partial charge in [-0.05, 0) is 49.5 Å². The van der Waals surface area contributed by atoms with Gasteiger partial charge >= 0.3 is 0 Å². The number of nitrogens with zero attached hydrogens (tertiary/aromatic N) is 1. The van der Waals surface area contributed by atoms with Crippen LogP contribution in [0.1, 0.15) is 41.3 Å². The zero-order chi connectivity index (χ0) is 16.4. The Morgan fingerprint density at radius 2 is 2.08 bits per heavy atom. The van der Waals surface area contributed by atoms with Gasteiger partial charge in [0.1, 0.15) is 6.61 Å². The van der Waals surface area contributed by atoms with E-state index in [1.807, 2.05) is 0 Å². The molecule has 4 rings (SSSR count). The Balaban J connectivity index is 1.34. The number of aromatic nitrogens is 1. The van der Waals surface area contributed by atoms with E-state index in [0.717, 1.165) is 25.0 Å². The van der Waals surface area contributed by atoms with Crippen molar-refractivity contribution < 1.29 is 9.53 Å². The fourth-order valence-corrected chi connectivity index (χ4v) is 4.30. The van der Waals surface area contributed by atoms with Gasteiger partial charge in [-0.1, -0.05) is 30.3 Å². The number of rotatable bonds is 6. The highest BCUT2D eigenvalue weighted by atomic mass is 32.1. The lowest BCUT2D eigenvalue weighted by atomic mass is 9.85. The normalized spacial score (nSPS) is 19.8. The highest BCUT2D eigenvalue weighted by Gasteiger charge is 2.24. The monoisotopic (exact) mass is 342 g/mol. The van der Waals surface area contributed by atoms with Crippen LogP contribution in [0.5, 0.6) is 0 Å². The third kappa shape index (κ3) is 3.84. The van der Waals surface area contributed by atoms with Gasteiger partial charge in [0, 0.05) is 4.88 Å². The molecule has 2 aliphatic carbocycles.